The minimum absolute atomic E-state index is 0.0431. The van der Waals surface area contributed by atoms with Gasteiger partial charge in [-0.3, -0.25) is 0 Å². The highest BCUT2D eigenvalue weighted by atomic mass is 16.6. The lowest BCUT2D eigenvalue weighted by Crippen LogP contribution is -2.26. The Kier molecular flexibility index (Phi) is 10.6. The largest absolute Gasteiger partial charge is 0.490 e. The molecule has 0 N–H and O–H groups in total. The van der Waals surface area contributed by atoms with Crippen LogP contribution in [0, 0.1) is 11.3 Å². The van der Waals surface area contributed by atoms with Crippen LogP contribution in [0.3, 0.4) is 0 Å². The summed E-state index contributed by atoms with van der Waals surface area (Å²) >= 11 is 0. The third-order valence-electron chi connectivity index (χ3n) is 5.87. The molecule has 1 aliphatic rings. The number of ether oxygens (including phenoxy) is 2. The van der Waals surface area contributed by atoms with Crippen molar-refractivity contribution in [1.82, 2.24) is 4.90 Å². The first-order valence-corrected chi connectivity index (χ1v) is 12.3. The number of hydrogen-bond acceptors (Lipinski definition) is 9. The highest BCUT2D eigenvalue weighted by Crippen LogP contribution is 2.27. The molecule has 0 heterocycles. The molecule has 0 aliphatic heterocycles. The second kappa shape index (κ2) is 14.1. The van der Waals surface area contributed by atoms with E-state index in [0.29, 0.717) is 36.6 Å². The van der Waals surface area contributed by atoms with Gasteiger partial charge in [-0.2, -0.15) is 5.26 Å². The van der Waals surface area contributed by atoms with Crippen molar-refractivity contribution in [2.45, 2.75) is 39.3 Å². The van der Waals surface area contributed by atoms with Crippen molar-refractivity contribution in [2.24, 2.45) is 15.3 Å². The van der Waals surface area contributed by atoms with Crippen LogP contribution in [-0.2, 0) is 27.4 Å². The number of hydrogen-bond donors (Lipinski definition) is 0. The van der Waals surface area contributed by atoms with Crippen LogP contribution in [-0.4, -0.2) is 69.8 Å². The third-order valence-corrected chi connectivity index (χ3v) is 5.87. The minimum atomic E-state index is -0.0431. The van der Waals surface area contributed by atoms with Crippen molar-refractivity contribution in [3.8, 4) is 11.8 Å². The van der Waals surface area contributed by atoms with Gasteiger partial charge in [-0.1, -0.05) is 28.5 Å². The summed E-state index contributed by atoms with van der Waals surface area (Å²) in [7, 11) is 3.73. The first-order chi connectivity index (χ1) is 18.0. The van der Waals surface area contributed by atoms with E-state index in [1.165, 1.54) is 5.56 Å². The maximum Gasteiger partial charge on any atom is 0.251 e. The predicted molar refractivity (Wildman–Crippen MR) is 144 cm³/mol. The molecule has 196 valence electrons. The molecule has 0 atom stereocenters. The second-order valence-corrected chi connectivity index (χ2v) is 8.94. The number of oxime groups is 2. The van der Waals surface area contributed by atoms with Gasteiger partial charge in [0.15, 0.2) is 0 Å². The average Bonchev–Trinajstić information content (AvgIpc) is 3.31. The average molecular weight is 506 g/mol. The standard InChI is InChI=1S/C28H35N5O4/c1-20(2)36-27-12-9-21(17-23(27)18-29)28(37-30-3)31-19-22-7-6-8-25-24(22)10-11-26(25)32-35-16-14-33(4)13-15-34-5/h6-9,12,17,20H,3,10-11,13-16,19H2,1-2,4-5H3/b31-28-,32-26+. The number of rotatable bonds is 13. The fraction of sp³-hybridized carbons (Fsp3) is 0.429. The fourth-order valence-corrected chi connectivity index (χ4v) is 4.00. The number of benzene rings is 2. The van der Waals surface area contributed by atoms with Gasteiger partial charge in [0, 0.05) is 38.0 Å². The van der Waals surface area contributed by atoms with Crippen LogP contribution >= 0.6 is 0 Å². The van der Waals surface area contributed by atoms with Crippen molar-refractivity contribution in [2.75, 3.05) is 40.5 Å². The lowest BCUT2D eigenvalue weighted by atomic mass is 10.0. The highest BCUT2D eigenvalue weighted by molar-refractivity contribution is 6.04. The Labute approximate surface area is 219 Å². The van der Waals surface area contributed by atoms with Crippen LogP contribution < -0.4 is 4.74 Å². The maximum atomic E-state index is 9.57. The van der Waals surface area contributed by atoms with Crippen molar-refractivity contribution < 1.29 is 19.1 Å². The molecule has 0 fully saturated rings. The minimum Gasteiger partial charge on any atom is -0.490 e. The van der Waals surface area contributed by atoms with Gasteiger partial charge in [-0.05, 0) is 63.1 Å². The molecule has 2 aromatic carbocycles. The summed E-state index contributed by atoms with van der Waals surface area (Å²) in [6, 6.07) is 13.5. The lowest BCUT2D eigenvalue weighted by molar-refractivity contribution is 0.104. The summed E-state index contributed by atoms with van der Waals surface area (Å²) in [4.78, 5) is 17.8. The molecule has 37 heavy (non-hydrogen) atoms. The Morgan fingerprint density at radius 1 is 1.16 bits per heavy atom. The van der Waals surface area contributed by atoms with E-state index in [1.807, 2.05) is 27.0 Å². The van der Waals surface area contributed by atoms with E-state index < -0.39 is 0 Å². The van der Waals surface area contributed by atoms with E-state index in [0.717, 1.165) is 42.8 Å². The number of aliphatic imine (C=N–C) groups is 1. The van der Waals surface area contributed by atoms with E-state index in [1.54, 1.807) is 25.3 Å². The molecule has 0 amide bonds. The second-order valence-electron chi connectivity index (χ2n) is 8.94. The summed E-state index contributed by atoms with van der Waals surface area (Å²) in [5.74, 6) is 0.803. The first kappa shape index (κ1) is 27.8. The number of fused-ring (bicyclic) bond motifs is 1. The van der Waals surface area contributed by atoms with E-state index >= 15 is 0 Å². The van der Waals surface area contributed by atoms with Crippen LogP contribution in [0.4, 0.5) is 0 Å². The normalized spacial score (nSPS) is 14.1. The van der Waals surface area contributed by atoms with Gasteiger partial charge in [-0.25, -0.2) is 4.99 Å². The van der Waals surface area contributed by atoms with E-state index in [-0.39, 0.29) is 12.0 Å². The van der Waals surface area contributed by atoms with Gasteiger partial charge in [-0.15, -0.1) is 0 Å². The van der Waals surface area contributed by atoms with Gasteiger partial charge in [0.2, 0.25) is 0 Å². The Morgan fingerprint density at radius 2 is 1.97 bits per heavy atom. The van der Waals surface area contributed by atoms with Gasteiger partial charge < -0.3 is 24.0 Å². The molecular weight excluding hydrogens is 470 g/mol. The third kappa shape index (κ3) is 7.87. The molecule has 0 saturated carbocycles. The molecule has 0 bridgehead atoms. The molecule has 2 aromatic rings. The summed E-state index contributed by atoms with van der Waals surface area (Å²) in [5.41, 5.74) is 5.34. The van der Waals surface area contributed by atoms with Gasteiger partial charge in [0.1, 0.15) is 18.4 Å². The topological polar surface area (TPSA) is 101 Å². The zero-order chi connectivity index (χ0) is 26.6. The summed E-state index contributed by atoms with van der Waals surface area (Å²) in [6.45, 7) is 10.5. The number of nitriles is 1. The van der Waals surface area contributed by atoms with E-state index in [2.05, 4.69) is 45.1 Å². The Bertz CT molecular complexity index is 1170. The van der Waals surface area contributed by atoms with Crippen LogP contribution in [0.1, 0.15) is 48.1 Å². The molecule has 9 nitrogen and oxygen atoms in total. The molecule has 1 aliphatic carbocycles. The fourth-order valence-electron chi connectivity index (χ4n) is 4.00. The molecule has 0 aromatic heterocycles. The Morgan fingerprint density at radius 3 is 2.70 bits per heavy atom. The monoisotopic (exact) mass is 505 g/mol. The predicted octanol–water partition coefficient (Wildman–Crippen LogP) is 4.17. The van der Waals surface area contributed by atoms with Crippen molar-refractivity contribution in [1.29, 1.82) is 5.26 Å². The molecule has 0 saturated heterocycles. The molecule has 0 radical (unpaired) electrons. The van der Waals surface area contributed by atoms with Crippen molar-refractivity contribution in [3.63, 3.8) is 0 Å². The summed E-state index contributed by atoms with van der Waals surface area (Å²) in [5, 5.41) is 17.5. The van der Waals surface area contributed by atoms with Gasteiger partial charge >= 0.3 is 0 Å². The van der Waals surface area contributed by atoms with E-state index in [4.69, 9.17) is 19.1 Å². The number of nitrogens with zero attached hydrogens (tertiary/aromatic N) is 5. The molecule has 3 rings (SSSR count). The van der Waals surface area contributed by atoms with E-state index in [9.17, 15) is 5.26 Å². The molecule has 0 unspecified atom stereocenters. The van der Waals surface area contributed by atoms with Gasteiger partial charge in [0.25, 0.3) is 5.90 Å². The van der Waals surface area contributed by atoms with Crippen molar-refractivity contribution >= 4 is 18.3 Å². The van der Waals surface area contributed by atoms with Gasteiger partial charge in [0.05, 0.1) is 30.5 Å². The zero-order valence-corrected chi connectivity index (χ0v) is 22.1. The van der Waals surface area contributed by atoms with Crippen molar-refractivity contribution in [3.05, 3.63) is 64.2 Å². The Balaban J connectivity index is 1.73. The molecule has 9 heteroatoms. The van der Waals surface area contributed by atoms with Crippen LogP contribution in [0.2, 0.25) is 0 Å². The maximum absolute atomic E-state index is 9.57. The van der Waals surface area contributed by atoms with Crippen LogP contribution in [0.25, 0.3) is 0 Å². The zero-order valence-electron chi connectivity index (χ0n) is 22.1. The SMILES string of the molecule is C=NO/C(=N\Cc1cccc2c1CC/C2=N\OCCN(C)CCOC)c1ccc(OC(C)C)c(C#N)c1. The van der Waals surface area contributed by atoms with Crippen LogP contribution in [0.15, 0.2) is 51.7 Å². The smallest absolute Gasteiger partial charge is 0.251 e. The quantitative estimate of drug-likeness (QED) is 0.175. The highest BCUT2D eigenvalue weighted by Gasteiger charge is 2.21. The lowest BCUT2D eigenvalue weighted by Gasteiger charge is -2.14. The first-order valence-electron chi connectivity index (χ1n) is 12.3. The summed E-state index contributed by atoms with van der Waals surface area (Å²) < 4.78 is 10.8. The number of methoxy groups -OCH3 is 1. The summed E-state index contributed by atoms with van der Waals surface area (Å²) in [6.07, 6.45) is 1.64. The van der Waals surface area contributed by atoms with Crippen LogP contribution in [0.5, 0.6) is 5.75 Å². The Hall–Kier alpha value is -3.74. The molecular formula is C28H35N5O4. The molecule has 0 spiro atoms. The number of likely N-dealkylation sites (N-methyl/N-ethyl adjacent to an activating group) is 1.